The molecule has 1 aliphatic rings. The number of nitrogens with zero attached hydrogens (tertiary/aromatic N) is 3. The number of thiazole rings is 1. The van der Waals surface area contributed by atoms with Crippen molar-refractivity contribution in [2.24, 2.45) is 0 Å². The third-order valence-corrected chi connectivity index (χ3v) is 6.05. The molecule has 0 aliphatic carbocycles. The minimum Gasteiger partial charge on any atom is -0.465 e. The van der Waals surface area contributed by atoms with Gasteiger partial charge in [0.25, 0.3) is 11.5 Å². The molecule has 0 saturated heterocycles. The Morgan fingerprint density at radius 3 is 2.85 bits per heavy atom. The third kappa shape index (κ3) is 2.59. The van der Waals surface area contributed by atoms with E-state index in [9.17, 15) is 9.59 Å². The molecule has 4 heterocycles. The van der Waals surface area contributed by atoms with Gasteiger partial charge in [0.1, 0.15) is 11.3 Å². The second-order valence-electron chi connectivity index (χ2n) is 6.55. The van der Waals surface area contributed by atoms with Gasteiger partial charge < -0.3 is 9.32 Å². The Hall–Kier alpha value is -2.67. The summed E-state index contributed by atoms with van der Waals surface area (Å²) in [6.07, 6.45) is 3.80. The van der Waals surface area contributed by atoms with Gasteiger partial charge >= 0.3 is 0 Å². The Balaban J connectivity index is 1.71. The van der Waals surface area contributed by atoms with E-state index in [1.54, 1.807) is 11.2 Å². The maximum absolute atomic E-state index is 13.0. The number of aromatic nitrogens is 2. The van der Waals surface area contributed by atoms with Gasteiger partial charge in [-0.1, -0.05) is 5.57 Å². The molecule has 7 heteroatoms. The molecule has 0 spiro atoms. The molecule has 134 valence electrons. The first-order chi connectivity index (χ1) is 12.5. The van der Waals surface area contributed by atoms with Crippen molar-refractivity contribution in [3.05, 3.63) is 62.4 Å². The van der Waals surface area contributed by atoms with Gasteiger partial charge in [-0.15, -0.1) is 11.3 Å². The van der Waals surface area contributed by atoms with Crippen molar-refractivity contribution in [3.8, 4) is 0 Å². The maximum Gasteiger partial charge on any atom is 0.271 e. The van der Waals surface area contributed by atoms with Crippen molar-refractivity contribution in [3.63, 3.8) is 0 Å². The van der Waals surface area contributed by atoms with E-state index >= 15 is 0 Å². The lowest BCUT2D eigenvalue weighted by Gasteiger charge is -2.29. The van der Waals surface area contributed by atoms with Crippen LogP contribution in [0.5, 0.6) is 0 Å². The van der Waals surface area contributed by atoms with Crippen LogP contribution in [0.4, 0.5) is 0 Å². The molecule has 0 fully saturated rings. The smallest absolute Gasteiger partial charge is 0.271 e. The molecule has 0 atom stereocenters. The highest BCUT2D eigenvalue weighted by molar-refractivity contribution is 7.17. The number of rotatable bonds is 2. The van der Waals surface area contributed by atoms with E-state index in [1.165, 1.54) is 27.5 Å². The second-order valence-corrected chi connectivity index (χ2v) is 7.73. The van der Waals surface area contributed by atoms with Gasteiger partial charge in [-0.25, -0.2) is 4.98 Å². The van der Waals surface area contributed by atoms with Crippen molar-refractivity contribution in [1.82, 2.24) is 14.3 Å². The largest absolute Gasteiger partial charge is 0.465 e. The molecule has 1 amide bonds. The van der Waals surface area contributed by atoms with Crippen LogP contribution in [0, 0.1) is 13.8 Å². The predicted molar refractivity (Wildman–Crippen MR) is 101 cm³/mol. The molecule has 6 nitrogen and oxygen atoms in total. The number of fused-ring (bicyclic) bond motifs is 1. The fraction of sp³-hybridized carbons (Fsp3) is 0.316. The minimum absolute atomic E-state index is 0.113. The van der Waals surface area contributed by atoms with Crippen LogP contribution in [-0.4, -0.2) is 33.3 Å². The first-order valence-corrected chi connectivity index (χ1v) is 9.28. The zero-order valence-corrected chi connectivity index (χ0v) is 15.7. The lowest BCUT2D eigenvalue weighted by Crippen LogP contribution is -2.39. The van der Waals surface area contributed by atoms with E-state index in [4.69, 9.17) is 4.42 Å². The Kier molecular flexibility index (Phi) is 4.03. The third-order valence-electron chi connectivity index (χ3n) is 4.98. The number of carbonyl (C=O) groups is 1. The number of hydrogen-bond acceptors (Lipinski definition) is 5. The second kappa shape index (κ2) is 6.25. The lowest BCUT2D eigenvalue weighted by atomic mass is 9.99. The Morgan fingerprint density at radius 1 is 1.31 bits per heavy atom. The van der Waals surface area contributed by atoms with Crippen LogP contribution in [0.1, 0.15) is 40.0 Å². The molecule has 0 bridgehead atoms. The molecule has 3 aromatic heterocycles. The SMILES string of the molecule is CC1=C(c2ccco2)CN(C(=O)c2cnc3sc(C)c(C)n3c2=O)CC1. The fourth-order valence-electron chi connectivity index (χ4n) is 3.26. The van der Waals surface area contributed by atoms with E-state index in [0.717, 1.165) is 28.3 Å². The number of hydrogen-bond donors (Lipinski definition) is 0. The standard InChI is InChI=1S/C19H19N3O3S/c1-11-6-7-21(10-15(11)16-5-4-8-25-16)17(23)14-9-20-19-22(18(14)24)12(2)13(3)26-19/h4-5,8-9H,6-7,10H2,1-3H3. The highest BCUT2D eigenvalue weighted by Crippen LogP contribution is 2.27. The van der Waals surface area contributed by atoms with Crippen LogP contribution in [0.2, 0.25) is 0 Å². The molecule has 4 rings (SSSR count). The average molecular weight is 369 g/mol. The van der Waals surface area contributed by atoms with Gasteiger partial charge in [0.2, 0.25) is 0 Å². The molecule has 0 aromatic carbocycles. The van der Waals surface area contributed by atoms with Crippen molar-refractivity contribution >= 4 is 27.8 Å². The van der Waals surface area contributed by atoms with E-state index < -0.39 is 0 Å². The first-order valence-electron chi connectivity index (χ1n) is 8.47. The van der Waals surface area contributed by atoms with Crippen LogP contribution in [0.15, 0.2) is 39.4 Å². The van der Waals surface area contributed by atoms with Crippen molar-refractivity contribution in [2.75, 3.05) is 13.1 Å². The van der Waals surface area contributed by atoms with Crippen molar-refractivity contribution < 1.29 is 9.21 Å². The molecule has 0 radical (unpaired) electrons. The van der Waals surface area contributed by atoms with Gasteiger partial charge in [0, 0.05) is 35.4 Å². The molecule has 0 N–H and O–H groups in total. The fourth-order valence-corrected chi connectivity index (χ4v) is 4.19. The molecule has 3 aromatic rings. The molecule has 1 aliphatic heterocycles. The van der Waals surface area contributed by atoms with E-state index in [2.05, 4.69) is 11.9 Å². The number of furan rings is 1. The average Bonchev–Trinajstić information content (AvgIpc) is 3.24. The molecular formula is C19H19N3O3S. The summed E-state index contributed by atoms with van der Waals surface area (Å²) in [6.45, 7) is 6.89. The Labute approximate surface area is 154 Å². The molecular weight excluding hydrogens is 350 g/mol. The topological polar surface area (TPSA) is 67.8 Å². The van der Waals surface area contributed by atoms with Crippen molar-refractivity contribution in [2.45, 2.75) is 27.2 Å². The monoisotopic (exact) mass is 369 g/mol. The lowest BCUT2D eigenvalue weighted by molar-refractivity contribution is 0.0770. The summed E-state index contributed by atoms with van der Waals surface area (Å²) in [6, 6.07) is 3.73. The zero-order chi connectivity index (χ0) is 18.4. The van der Waals surface area contributed by atoms with E-state index in [0.29, 0.717) is 18.1 Å². The van der Waals surface area contributed by atoms with Crippen LogP contribution < -0.4 is 5.56 Å². The number of aryl methyl sites for hydroxylation is 2. The predicted octanol–water partition coefficient (Wildman–Crippen LogP) is 3.29. The van der Waals surface area contributed by atoms with Crippen LogP contribution in [-0.2, 0) is 0 Å². The van der Waals surface area contributed by atoms with Gasteiger partial charge in [-0.05, 0) is 39.3 Å². The zero-order valence-electron chi connectivity index (χ0n) is 14.9. The molecule has 0 saturated carbocycles. The highest BCUT2D eigenvalue weighted by atomic mass is 32.1. The Morgan fingerprint density at radius 2 is 2.12 bits per heavy atom. The van der Waals surface area contributed by atoms with E-state index in [-0.39, 0.29) is 17.0 Å². The van der Waals surface area contributed by atoms with Crippen molar-refractivity contribution in [1.29, 1.82) is 0 Å². The summed E-state index contributed by atoms with van der Waals surface area (Å²) in [5.41, 5.74) is 2.86. The summed E-state index contributed by atoms with van der Waals surface area (Å²) < 4.78 is 7.04. The summed E-state index contributed by atoms with van der Waals surface area (Å²) in [5, 5.41) is 0. The first kappa shape index (κ1) is 16.8. The maximum atomic E-state index is 13.0. The van der Waals surface area contributed by atoms with Gasteiger partial charge in [0.15, 0.2) is 4.96 Å². The van der Waals surface area contributed by atoms with Gasteiger partial charge in [-0.2, -0.15) is 0 Å². The molecule has 0 unspecified atom stereocenters. The highest BCUT2D eigenvalue weighted by Gasteiger charge is 2.27. The quantitative estimate of drug-likeness (QED) is 0.695. The van der Waals surface area contributed by atoms with Gasteiger partial charge in [0.05, 0.1) is 6.26 Å². The Bertz CT molecular complexity index is 1090. The van der Waals surface area contributed by atoms with Gasteiger partial charge in [-0.3, -0.25) is 14.0 Å². The summed E-state index contributed by atoms with van der Waals surface area (Å²) in [4.78, 5) is 33.6. The van der Waals surface area contributed by atoms with Crippen LogP contribution in [0.25, 0.3) is 10.5 Å². The van der Waals surface area contributed by atoms with E-state index in [1.807, 2.05) is 26.0 Å². The number of amides is 1. The summed E-state index contributed by atoms with van der Waals surface area (Å²) in [7, 11) is 0. The van der Waals surface area contributed by atoms with Crippen LogP contribution >= 0.6 is 11.3 Å². The molecule has 26 heavy (non-hydrogen) atoms. The summed E-state index contributed by atoms with van der Waals surface area (Å²) in [5.74, 6) is 0.492. The van der Waals surface area contributed by atoms with Crippen LogP contribution in [0.3, 0.4) is 0 Å². The minimum atomic E-state index is -0.298. The number of carbonyl (C=O) groups excluding carboxylic acids is 1. The summed E-state index contributed by atoms with van der Waals surface area (Å²) >= 11 is 1.45. The normalized spacial score (nSPS) is 15.1.